The van der Waals surface area contributed by atoms with Gasteiger partial charge in [-0.05, 0) is 43.0 Å². The lowest BCUT2D eigenvalue weighted by atomic mass is 9.91. The lowest BCUT2D eigenvalue weighted by Crippen LogP contribution is -2.43. The Morgan fingerprint density at radius 1 is 1.16 bits per heavy atom. The van der Waals surface area contributed by atoms with Crippen molar-refractivity contribution in [1.82, 2.24) is 10.2 Å². The molecule has 1 aromatic carbocycles. The Balaban J connectivity index is 2.39. The molecule has 0 radical (unpaired) electrons. The number of hydrogen-bond donors (Lipinski definition) is 2. The molecule has 0 unspecified atom stereocenters. The minimum absolute atomic E-state index is 0.851. The minimum atomic E-state index is 0.851. The van der Waals surface area contributed by atoms with Gasteiger partial charge in [0.1, 0.15) is 0 Å². The van der Waals surface area contributed by atoms with Gasteiger partial charge in [0.05, 0.1) is 0 Å². The fourth-order valence-corrected chi connectivity index (χ4v) is 2.84. The van der Waals surface area contributed by atoms with Gasteiger partial charge in [0.2, 0.25) is 0 Å². The molecule has 0 spiro atoms. The van der Waals surface area contributed by atoms with Crippen LogP contribution in [0.2, 0.25) is 0 Å². The van der Waals surface area contributed by atoms with Crippen LogP contribution in [0.4, 0.5) is 5.69 Å². The van der Waals surface area contributed by atoms with Gasteiger partial charge in [-0.2, -0.15) is 0 Å². The molecular weight excluding hydrogens is 234 g/mol. The van der Waals surface area contributed by atoms with Gasteiger partial charge >= 0.3 is 0 Å². The second-order valence-electron chi connectivity index (χ2n) is 5.31. The molecule has 1 heterocycles. The van der Waals surface area contributed by atoms with Gasteiger partial charge in [-0.1, -0.05) is 5.92 Å². The van der Waals surface area contributed by atoms with E-state index in [1.807, 2.05) is 6.92 Å². The van der Waals surface area contributed by atoms with E-state index in [0.717, 1.165) is 49.5 Å². The number of nitrogens with zero attached hydrogens (tertiary/aromatic N) is 1. The van der Waals surface area contributed by atoms with Gasteiger partial charge in [0.15, 0.2) is 0 Å². The van der Waals surface area contributed by atoms with E-state index >= 15 is 0 Å². The highest BCUT2D eigenvalue weighted by molar-refractivity contribution is 5.66. The van der Waals surface area contributed by atoms with Crippen LogP contribution in [0.15, 0.2) is 0 Å². The number of rotatable bonds is 2. The molecule has 19 heavy (non-hydrogen) atoms. The predicted molar refractivity (Wildman–Crippen MR) is 81.1 cm³/mol. The highest BCUT2D eigenvalue weighted by Gasteiger charge is 2.17. The van der Waals surface area contributed by atoms with Crippen LogP contribution in [0, 0.1) is 33.1 Å². The summed E-state index contributed by atoms with van der Waals surface area (Å²) in [4.78, 5) is 2.46. The quantitative estimate of drug-likeness (QED) is 0.624. The molecule has 2 rings (SSSR count). The smallest absolute Gasteiger partial charge is 0.0389 e. The highest BCUT2D eigenvalue weighted by Crippen LogP contribution is 2.29. The number of nitrogens with two attached hydrogens (primary N) is 1. The molecule has 3 N–H and O–H groups in total. The lowest BCUT2D eigenvalue weighted by molar-refractivity contribution is 0.232. The van der Waals surface area contributed by atoms with E-state index in [0.29, 0.717) is 0 Å². The average Bonchev–Trinajstić information content (AvgIpc) is 2.43. The topological polar surface area (TPSA) is 41.3 Å². The van der Waals surface area contributed by atoms with Crippen LogP contribution < -0.4 is 11.1 Å². The fourth-order valence-electron chi connectivity index (χ4n) is 2.84. The Hall–Kier alpha value is -1.50. The molecule has 0 amide bonds. The normalized spacial score (nSPS) is 16.3. The van der Waals surface area contributed by atoms with Gasteiger partial charge in [-0.25, -0.2) is 0 Å². The SMILES string of the molecule is C#Cc1c(C)c(N)c(C)c(CN2CCNCC2)c1C. The van der Waals surface area contributed by atoms with E-state index in [4.69, 9.17) is 12.2 Å². The van der Waals surface area contributed by atoms with Gasteiger partial charge in [-0.3, -0.25) is 4.90 Å². The maximum absolute atomic E-state index is 6.21. The van der Waals surface area contributed by atoms with Crippen molar-refractivity contribution < 1.29 is 0 Å². The molecule has 0 saturated carbocycles. The molecule has 0 aliphatic carbocycles. The summed E-state index contributed by atoms with van der Waals surface area (Å²) in [6, 6.07) is 0. The molecule has 0 atom stereocenters. The standard InChI is InChI=1S/C16H23N3/c1-5-14-11(2)15(13(4)16(17)12(14)3)10-19-8-6-18-7-9-19/h1,18H,6-10,17H2,2-4H3. The number of anilines is 1. The summed E-state index contributed by atoms with van der Waals surface area (Å²) in [7, 11) is 0. The molecule has 1 aliphatic heterocycles. The summed E-state index contributed by atoms with van der Waals surface area (Å²) >= 11 is 0. The van der Waals surface area contributed by atoms with Crippen LogP contribution in [-0.2, 0) is 6.54 Å². The van der Waals surface area contributed by atoms with Crippen LogP contribution in [0.25, 0.3) is 0 Å². The molecule has 1 saturated heterocycles. The maximum atomic E-state index is 6.21. The second kappa shape index (κ2) is 5.64. The second-order valence-corrected chi connectivity index (χ2v) is 5.31. The number of hydrogen-bond acceptors (Lipinski definition) is 3. The summed E-state index contributed by atoms with van der Waals surface area (Å²) < 4.78 is 0. The first-order valence-electron chi connectivity index (χ1n) is 6.84. The van der Waals surface area contributed by atoms with Crippen molar-refractivity contribution in [2.45, 2.75) is 27.3 Å². The molecule has 3 nitrogen and oxygen atoms in total. The number of benzene rings is 1. The Kier molecular flexibility index (Phi) is 4.14. The van der Waals surface area contributed by atoms with Crippen LogP contribution in [0.3, 0.4) is 0 Å². The maximum Gasteiger partial charge on any atom is 0.0389 e. The largest absolute Gasteiger partial charge is 0.398 e. The van der Waals surface area contributed by atoms with Crippen molar-refractivity contribution in [2.75, 3.05) is 31.9 Å². The van der Waals surface area contributed by atoms with Crippen molar-refractivity contribution >= 4 is 5.69 Å². The molecule has 3 heteroatoms. The lowest BCUT2D eigenvalue weighted by Gasteiger charge is -2.29. The van der Waals surface area contributed by atoms with Crippen molar-refractivity contribution in [3.63, 3.8) is 0 Å². The fraction of sp³-hybridized carbons (Fsp3) is 0.500. The highest BCUT2D eigenvalue weighted by atomic mass is 15.2. The van der Waals surface area contributed by atoms with E-state index in [2.05, 4.69) is 30.0 Å². The number of nitrogens with one attached hydrogen (secondary N) is 1. The van der Waals surface area contributed by atoms with Crippen LogP contribution in [0.5, 0.6) is 0 Å². The number of nitrogen functional groups attached to an aromatic ring is 1. The van der Waals surface area contributed by atoms with E-state index in [1.54, 1.807) is 0 Å². The van der Waals surface area contributed by atoms with Crippen molar-refractivity contribution in [1.29, 1.82) is 0 Å². The molecule has 1 fully saturated rings. The van der Waals surface area contributed by atoms with Crippen LogP contribution >= 0.6 is 0 Å². The third-order valence-electron chi connectivity index (χ3n) is 4.20. The van der Waals surface area contributed by atoms with Gasteiger partial charge in [0, 0.05) is 44.0 Å². The van der Waals surface area contributed by atoms with E-state index in [-0.39, 0.29) is 0 Å². The van der Waals surface area contributed by atoms with E-state index in [9.17, 15) is 0 Å². The molecule has 1 aliphatic rings. The first-order valence-corrected chi connectivity index (χ1v) is 6.84. The van der Waals surface area contributed by atoms with Crippen molar-refractivity contribution in [3.8, 4) is 12.3 Å². The van der Waals surface area contributed by atoms with Crippen molar-refractivity contribution in [3.05, 3.63) is 27.8 Å². The summed E-state index contributed by atoms with van der Waals surface area (Å²) in [5.74, 6) is 2.80. The molecule has 0 aromatic heterocycles. The number of terminal acetylenes is 1. The Morgan fingerprint density at radius 2 is 1.79 bits per heavy atom. The van der Waals surface area contributed by atoms with Crippen LogP contribution in [0.1, 0.15) is 27.8 Å². The van der Waals surface area contributed by atoms with Gasteiger partial charge < -0.3 is 11.1 Å². The zero-order valence-corrected chi connectivity index (χ0v) is 12.1. The number of piperazine rings is 1. The van der Waals surface area contributed by atoms with E-state index in [1.165, 1.54) is 16.7 Å². The zero-order chi connectivity index (χ0) is 14.0. The average molecular weight is 257 g/mol. The Labute approximate surface area is 116 Å². The van der Waals surface area contributed by atoms with Crippen molar-refractivity contribution in [2.24, 2.45) is 0 Å². The van der Waals surface area contributed by atoms with Gasteiger partial charge in [0.25, 0.3) is 0 Å². The summed E-state index contributed by atoms with van der Waals surface area (Å²) in [5, 5.41) is 3.37. The Bertz CT molecular complexity index is 520. The monoisotopic (exact) mass is 257 g/mol. The summed E-state index contributed by atoms with van der Waals surface area (Å²) in [6.07, 6.45) is 5.64. The third-order valence-corrected chi connectivity index (χ3v) is 4.20. The first kappa shape index (κ1) is 13.9. The summed E-state index contributed by atoms with van der Waals surface area (Å²) in [5.41, 5.74) is 12.8. The predicted octanol–water partition coefficient (Wildman–Crippen LogP) is 1.58. The Morgan fingerprint density at radius 3 is 2.37 bits per heavy atom. The molecular formula is C16H23N3. The molecule has 0 bridgehead atoms. The molecule has 102 valence electrons. The minimum Gasteiger partial charge on any atom is -0.398 e. The van der Waals surface area contributed by atoms with Crippen LogP contribution in [-0.4, -0.2) is 31.1 Å². The molecule has 1 aromatic rings. The summed E-state index contributed by atoms with van der Waals surface area (Å²) in [6.45, 7) is 11.5. The third kappa shape index (κ3) is 2.60. The van der Waals surface area contributed by atoms with Gasteiger partial charge in [-0.15, -0.1) is 6.42 Å². The first-order chi connectivity index (χ1) is 9.06. The zero-order valence-electron chi connectivity index (χ0n) is 12.1. The van der Waals surface area contributed by atoms with E-state index < -0.39 is 0 Å².